The molecule has 0 fully saturated rings. The van der Waals surface area contributed by atoms with Crippen LogP contribution in [0.1, 0.15) is 21.6 Å². The lowest BCUT2D eigenvalue weighted by molar-refractivity contribution is 0.102. The van der Waals surface area contributed by atoms with Crippen molar-refractivity contribution in [2.45, 2.75) is 13.8 Å². The molecule has 0 atom stereocenters. The Balaban J connectivity index is 1.40. The Kier molecular flexibility index (Phi) is 4.17. The van der Waals surface area contributed by atoms with Gasteiger partial charge in [0.1, 0.15) is 0 Å². The monoisotopic (exact) mass is 403 g/mol. The van der Waals surface area contributed by atoms with Gasteiger partial charge >= 0.3 is 0 Å². The third-order valence-electron chi connectivity index (χ3n) is 4.80. The zero-order chi connectivity index (χ0) is 20.0. The van der Waals surface area contributed by atoms with Gasteiger partial charge in [-0.3, -0.25) is 15.1 Å². The minimum Gasteiger partial charge on any atom is -0.454 e. The van der Waals surface area contributed by atoms with Gasteiger partial charge in [0.15, 0.2) is 16.6 Å². The number of carbonyl (C=O) groups is 1. The molecule has 7 heteroatoms. The summed E-state index contributed by atoms with van der Waals surface area (Å²) in [6, 6.07) is 13.6. The zero-order valence-corrected chi connectivity index (χ0v) is 16.7. The summed E-state index contributed by atoms with van der Waals surface area (Å²) in [5.41, 5.74) is 4.92. The number of fused-ring (bicyclic) bond motifs is 2. The van der Waals surface area contributed by atoms with Crippen molar-refractivity contribution in [3.63, 3.8) is 0 Å². The molecule has 6 nitrogen and oxygen atoms in total. The van der Waals surface area contributed by atoms with Crippen LogP contribution in [0.5, 0.6) is 11.5 Å². The lowest BCUT2D eigenvalue weighted by atomic mass is 10.1. The second-order valence-electron chi connectivity index (χ2n) is 6.88. The SMILES string of the molecule is Cc1ccc2nc(C)c(C(=O)Nc3nc(-c4ccc5c(c4)OCO5)cs3)cc2c1. The summed E-state index contributed by atoms with van der Waals surface area (Å²) >= 11 is 1.38. The Morgan fingerprint density at radius 2 is 1.90 bits per heavy atom. The van der Waals surface area contributed by atoms with E-state index in [-0.39, 0.29) is 12.7 Å². The summed E-state index contributed by atoms with van der Waals surface area (Å²) in [4.78, 5) is 22.0. The van der Waals surface area contributed by atoms with Crippen molar-refractivity contribution in [3.8, 4) is 22.8 Å². The number of hydrogen-bond donors (Lipinski definition) is 1. The number of aryl methyl sites for hydroxylation is 2. The highest BCUT2D eigenvalue weighted by Gasteiger charge is 2.17. The van der Waals surface area contributed by atoms with E-state index in [0.717, 1.165) is 33.5 Å². The Labute approximate surface area is 171 Å². The van der Waals surface area contributed by atoms with Crippen LogP contribution in [0.25, 0.3) is 22.2 Å². The van der Waals surface area contributed by atoms with E-state index in [1.807, 2.05) is 61.7 Å². The molecule has 0 saturated carbocycles. The molecule has 0 radical (unpaired) electrons. The van der Waals surface area contributed by atoms with Crippen molar-refractivity contribution in [2.24, 2.45) is 0 Å². The second kappa shape index (κ2) is 6.86. The molecule has 1 amide bonds. The molecule has 3 heterocycles. The molecular weight excluding hydrogens is 386 g/mol. The molecule has 0 aliphatic carbocycles. The Morgan fingerprint density at radius 1 is 1.03 bits per heavy atom. The first-order chi connectivity index (χ1) is 14.1. The number of anilines is 1. The van der Waals surface area contributed by atoms with E-state index in [1.165, 1.54) is 11.3 Å². The Bertz CT molecular complexity index is 1270. The van der Waals surface area contributed by atoms with Crippen LogP contribution < -0.4 is 14.8 Å². The van der Waals surface area contributed by atoms with Gasteiger partial charge in [-0.2, -0.15) is 0 Å². The van der Waals surface area contributed by atoms with Gasteiger partial charge in [0.25, 0.3) is 5.91 Å². The summed E-state index contributed by atoms with van der Waals surface area (Å²) in [5.74, 6) is 1.21. The molecule has 5 rings (SSSR count). The molecule has 2 aromatic heterocycles. The van der Waals surface area contributed by atoms with Gasteiger partial charge in [-0.05, 0) is 50.2 Å². The highest BCUT2D eigenvalue weighted by Crippen LogP contribution is 2.36. The van der Waals surface area contributed by atoms with Crippen LogP contribution in [0.4, 0.5) is 5.13 Å². The Hall–Kier alpha value is -3.45. The van der Waals surface area contributed by atoms with E-state index in [1.54, 1.807) is 0 Å². The predicted molar refractivity (Wildman–Crippen MR) is 113 cm³/mol. The molecule has 1 N–H and O–H groups in total. The van der Waals surface area contributed by atoms with E-state index >= 15 is 0 Å². The first-order valence-corrected chi connectivity index (χ1v) is 10.00. The van der Waals surface area contributed by atoms with Crippen LogP contribution in [0, 0.1) is 13.8 Å². The normalized spacial score (nSPS) is 12.3. The van der Waals surface area contributed by atoms with E-state index < -0.39 is 0 Å². The number of nitrogens with zero attached hydrogens (tertiary/aromatic N) is 2. The number of aromatic nitrogens is 2. The number of thiazole rings is 1. The summed E-state index contributed by atoms with van der Waals surface area (Å²) in [6.07, 6.45) is 0. The van der Waals surface area contributed by atoms with Gasteiger partial charge in [0.2, 0.25) is 6.79 Å². The number of nitrogens with one attached hydrogen (secondary N) is 1. The standard InChI is InChI=1S/C22H17N3O3S/c1-12-3-5-17-15(7-12)8-16(13(2)23-17)21(26)25-22-24-18(10-29-22)14-4-6-19-20(9-14)28-11-27-19/h3-10H,11H2,1-2H3,(H,24,25,26). The molecule has 0 spiro atoms. The van der Waals surface area contributed by atoms with Crippen molar-refractivity contribution >= 4 is 33.3 Å². The molecule has 144 valence electrons. The highest BCUT2D eigenvalue weighted by molar-refractivity contribution is 7.14. The fourth-order valence-electron chi connectivity index (χ4n) is 3.31. The Morgan fingerprint density at radius 3 is 2.79 bits per heavy atom. The predicted octanol–water partition coefficient (Wildman–Crippen LogP) is 4.96. The van der Waals surface area contributed by atoms with Crippen molar-refractivity contribution in [1.29, 1.82) is 0 Å². The molecule has 0 bridgehead atoms. The number of benzene rings is 2. The second-order valence-corrected chi connectivity index (χ2v) is 7.74. The molecule has 0 unspecified atom stereocenters. The topological polar surface area (TPSA) is 73.3 Å². The first kappa shape index (κ1) is 17.6. The number of amides is 1. The van der Waals surface area contributed by atoms with Crippen LogP contribution in [0.15, 0.2) is 47.8 Å². The minimum absolute atomic E-state index is 0.218. The van der Waals surface area contributed by atoms with Gasteiger partial charge in [0, 0.05) is 16.3 Å². The fraction of sp³-hybridized carbons (Fsp3) is 0.136. The summed E-state index contributed by atoms with van der Waals surface area (Å²) < 4.78 is 10.8. The highest BCUT2D eigenvalue weighted by atomic mass is 32.1. The maximum absolute atomic E-state index is 12.8. The fourth-order valence-corrected chi connectivity index (χ4v) is 4.02. The molecule has 2 aromatic carbocycles. The van der Waals surface area contributed by atoms with Crippen LogP contribution in [0.3, 0.4) is 0 Å². The molecular formula is C22H17N3O3S. The molecule has 1 aliphatic rings. The number of carbonyl (C=O) groups excluding carboxylic acids is 1. The lowest BCUT2D eigenvalue weighted by Gasteiger charge is -2.07. The van der Waals surface area contributed by atoms with Gasteiger partial charge in [-0.15, -0.1) is 11.3 Å². The van der Waals surface area contributed by atoms with E-state index in [4.69, 9.17) is 9.47 Å². The van der Waals surface area contributed by atoms with Crippen molar-refractivity contribution < 1.29 is 14.3 Å². The van der Waals surface area contributed by atoms with Crippen LogP contribution >= 0.6 is 11.3 Å². The molecule has 1 aliphatic heterocycles. The largest absolute Gasteiger partial charge is 0.454 e. The van der Waals surface area contributed by atoms with Crippen molar-refractivity contribution in [3.05, 3.63) is 64.7 Å². The number of hydrogen-bond acceptors (Lipinski definition) is 6. The van der Waals surface area contributed by atoms with E-state index in [2.05, 4.69) is 15.3 Å². The average molecular weight is 403 g/mol. The average Bonchev–Trinajstić information content (AvgIpc) is 3.36. The van der Waals surface area contributed by atoms with E-state index in [0.29, 0.717) is 22.1 Å². The van der Waals surface area contributed by atoms with Gasteiger partial charge in [-0.1, -0.05) is 11.6 Å². The maximum atomic E-state index is 12.8. The summed E-state index contributed by atoms with van der Waals surface area (Å²) in [6.45, 7) is 4.09. The van der Waals surface area contributed by atoms with Crippen molar-refractivity contribution in [1.82, 2.24) is 9.97 Å². The molecule has 4 aromatic rings. The minimum atomic E-state index is -0.218. The van der Waals surface area contributed by atoms with Gasteiger partial charge < -0.3 is 9.47 Å². The third kappa shape index (κ3) is 3.30. The number of pyridine rings is 1. The maximum Gasteiger partial charge on any atom is 0.259 e. The number of rotatable bonds is 3. The third-order valence-corrected chi connectivity index (χ3v) is 5.56. The van der Waals surface area contributed by atoms with Crippen molar-refractivity contribution in [2.75, 3.05) is 12.1 Å². The zero-order valence-electron chi connectivity index (χ0n) is 15.9. The summed E-state index contributed by atoms with van der Waals surface area (Å²) in [5, 5.41) is 6.28. The lowest BCUT2D eigenvalue weighted by Crippen LogP contribution is -2.14. The van der Waals surface area contributed by atoms with Crippen LogP contribution in [-0.2, 0) is 0 Å². The number of ether oxygens (including phenoxy) is 2. The summed E-state index contributed by atoms with van der Waals surface area (Å²) in [7, 11) is 0. The molecule has 29 heavy (non-hydrogen) atoms. The van der Waals surface area contributed by atoms with Crippen LogP contribution in [-0.4, -0.2) is 22.7 Å². The first-order valence-electron chi connectivity index (χ1n) is 9.12. The van der Waals surface area contributed by atoms with E-state index in [9.17, 15) is 4.79 Å². The van der Waals surface area contributed by atoms with Crippen LogP contribution in [0.2, 0.25) is 0 Å². The van der Waals surface area contributed by atoms with Gasteiger partial charge in [-0.25, -0.2) is 4.98 Å². The smallest absolute Gasteiger partial charge is 0.259 e. The molecule has 0 saturated heterocycles. The van der Waals surface area contributed by atoms with Gasteiger partial charge in [0.05, 0.1) is 22.5 Å². The quantitative estimate of drug-likeness (QED) is 0.524.